The molecule has 0 bridgehead atoms. The molecule has 0 radical (unpaired) electrons. The van der Waals surface area contributed by atoms with Crippen LogP contribution in [0.2, 0.25) is 0 Å². The van der Waals surface area contributed by atoms with E-state index in [-0.39, 0.29) is 5.69 Å². The average Bonchev–Trinajstić information content (AvgIpc) is 2.21. The van der Waals surface area contributed by atoms with E-state index in [9.17, 15) is 14.9 Å². The van der Waals surface area contributed by atoms with Crippen LogP contribution in [0.3, 0.4) is 0 Å². The molecule has 0 aliphatic rings. The number of rotatable bonds is 2. The lowest BCUT2D eigenvalue weighted by Gasteiger charge is -2.20. The normalized spacial score (nSPS) is 11.0. The van der Waals surface area contributed by atoms with Gasteiger partial charge in [-0.15, -0.1) is 0 Å². The summed E-state index contributed by atoms with van der Waals surface area (Å²) >= 11 is 3.28. The summed E-state index contributed by atoms with van der Waals surface area (Å²) in [6.07, 6.45) is -0.659. The van der Waals surface area contributed by atoms with Gasteiger partial charge >= 0.3 is 6.09 Å². The second kappa shape index (κ2) is 5.56. The maximum absolute atomic E-state index is 11.6. The number of aryl methyl sites for hydroxylation is 1. The minimum Gasteiger partial charge on any atom is -0.444 e. The summed E-state index contributed by atoms with van der Waals surface area (Å²) in [7, 11) is 0. The molecule has 1 rings (SSSR count). The van der Waals surface area contributed by atoms with Crippen LogP contribution in [0.25, 0.3) is 0 Å². The van der Waals surface area contributed by atoms with E-state index in [1.165, 1.54) is 12.1 Å². The van der Waals surface area contributed by atoms with Crippen molar-refractivity contribution in [3.05, 3.63) is 32.3 Å². The van der Waals surface area contributed by atoms with Crippen molar-refractivity contribution in [3.63, 3.8) is 0 Å². The maximum atomic E-state index is 11.6. The van der Waals surface area contributed by atoms with Gasteiger partial charge in [0.05, 0.1) is 10.6 Å². The third-order valence-electron chi connectivity index (χ3n) is 2.09. The second-order valence-corrected chi connectivity index (χ2v) is 5.80. The van der Waals surface area contributed by atoms with E-state index in [0.717, 1.165) is 0 Å². The molecule has 0 atom stereocenters. The van der Waals surface area contributed by atoms with Crippen molar-refractivity contribution in [3.8, 4) is 0 Å². The molecule has 0 saturated carbocycles. The van der Waals surface area contributed by atoms with Crippen LogP contribution in [0, 0.1) is 17.0 Å². The highest BCUT2D eigenvalue weighted by Gasteiger charge is 2.19. The van der Waals surface area contributed by atoms with Crippen molar-refractivity contribution in [2.24, 2.45) is 0 Å². The van der Waals surface area contributed by atoms with Gasteiger partial charge < -0.3 is 4.74 Å². The molecular weight excluding hydrogens is 316 g/mol. The molecular formula is C12H15BrN2O4. The molecule has 0 heterocycles. The fraction of sp³-hybridized carbons (Fsp3) is 0.417. The molecule has 0 aromatic heterocycles. The molecule has 6 nitrogen and oxygen atoms in total. The van der Waals surface area contributed by atoms with Crippen LogP contribution in [0.15, 0.2) is 16.6 Å². The van der Waals surface area contributed by atoms with Crippen LogP contribution in [0.1, 0.15) is 26.3 Å². The Morgan fingerprint density at radius 2 is 2.00 bits per heavy atom. The number of nitrogens with one attached hydrogen (secondary N) is 1. The first-order chi connectivity index (χ1) is 8.60. The van der Waals surface area contributed by atoms with Crippen molar-refractivity contribution < 1.29 is 14.5 Å². The van der Waals surface area contributed by atoms with Gasteiger partial charge in [-0.05, 0) is 49.2 Å². The van der Waals surface area contributed by atoms with Crippen LogP contribution in [0.5, 0.6) is 0 Å². The SMILES string of the molecule is Cc1cc([N+](=O)[O-])cc(NC(=O)OC(C)(C)C)c1Br. The molecule has 1 aromatic carbocycles. The van der Waals surface area contributed by atoms with Gasteiger partial charge in [-0.1, -0.05) is 0 Å². The number of carbonyl (C=O) groups excluding carboxylic acids is 1. The van der Waals surface area contributed by atoms with E-state index in [1.54, 1.807) is 27.7 Å². The molecule has 0 fully saturated rings. The fourth-order valence-corrected chi connectivity index (χ4v) is 1.69. The number of amides is 1. The van der Waals surface area contributed by atoms with E-state index in [4.69, 9.17) is 4.74 Å². The smallest absolute Gasteiger partial charge is 0.412 e. The highest BCUT2D eigenvalue weighted by molar-refractivity contribution is 9.10. The Bertz CT molecular complexity index is 523. The summed E-state index contributed by atoms with van der Waals surface area (Å²) in [6.45, 7) is 6.91. The zero-order valence-electron chi connectivity index (χ0n) is 11.1. The molecule has 0 aliphatic heterocycles. The van der Waals surface area contributed by atoms with Gasteiger partial charge in [0, 0.05) is 16.6 Å². The molecule has 0 unspecified atom stereocenters. The molecule has 19 heavy (non-hydrogen) atoms. The lowest BCUT2D eigenvalue weighted by atomic mass is 10.2. The first kappa shape index (κ1) is 15.4. The number of hydrogen-bond donors (Lipinski definition) is 1. The van der Waals surface area contributed by atoms with Crippen LogP contribution >= 0.6 is 15.9 Å². The molecule has 0 saturated heterocycles. The molecule has 7 heteroatoms. The van der Waals surface area contributed by atoms with Crippen LogP contribution in [-0.2, 0) is 4.74 Å². The van der Waals surface area contributed by atoms with Gasteiger partial charge in [0.15, 0.2) is 0 Å². The number of non-ortho nitro benzene ring substituents is 1. The highest BCUT2D eigenvalue weighted by atomic mass is 79.9. The zero-order valence-corrected chi connectivity index (χ0v) is 12.7. The van der Waals surface area contributed by atoms with Gasteiger partial charge in [0.1, 0.15) is 5.60 Å². The standard InChI is InChI=1S/C12H15BrN2O4/c1-7-5-8(15(17)18)6-9(10(7)13)14-11(16)19-12(2,3)4/h5-6H,1-4H3,(H,14,16). The van der Waals surface area contributed by atoms with Gasteiger partial charge in [-0.25, -0.2) is 4.79 Å². The number of halogens is 1. The van der Waals surface area contributed by atoms with Crippen molar-refractivity contribution in [1.82, 2.24) is 0 Å². The van der Waals surface area contributed by atoms with Crippen molar-refractivity contribution in [1.29, 1.82) is 0 Å². The van der Waals surface area contributed by atoms with Crippen LogP contribution < -0.4 is 5.32 Å². The number of hydrogen-bond acceptors (Lipinski definition) is 4. The van der Waals surface area contributed by atoms with Crippen LogP contribution in [-0.4, -0.2) is 16.6 Å². The van der Waals surface area contributed by atoms with Gasteiger partial charge in [0.25, 0.3) is 5.69 Å². The number of ether oxygens (including phenoxy) is 1. The number of carbonyl (C=O) groups is 1. The van der Waals surface area contributed by atoms with E-state index in [2.05, 4.69) is 21.2 Å². The van der Waals surface area contributed by atoms with Crippen molar-refractivity contribution >= 4 is 33.4 Å². The molecule has 0 aliphatic carbocycles. The lowest BCUT2D eigenvalue weighted by molar-refractivity contribution is -0.384. The average molecular weight is 331 g/mol. The predicted molar refractivity (Wildman–Crippen MR) is 75.4 cm³/mol. The topological polar surface area (TPSA) is 81.5 Å². The first-order valence-corrected chi connectivity index (χ1v) is 6.34. The van der Waals surface area contributed by atoms with E-state index >= 15 is 0 Å². The second-order valence-electron chi connectivity index (χ2n) is 5.01. The van der Waals surface area contributed by atoms with Gasteiger partial charge in [-0.2, -0.15) is 0 Å². The highest BCUT2D eigenvalue weighted by Crippen LogP contribution is 2.31. The zero-order chi connectivity index (χ0) is 14.8. The van der Waals surface area contributed by atoms with Crippen molar-refractivity contribution in [2.45, 2.75) is 33.3 Å². The summed E-state index contributed by atoms with van der Waals surface area (Å²) in [5, 5.41) is 13.3. The number of nitrogens with zero attached hydrogens (tertiary/aromatic N) is 1. The van der Waals surface area contributed by atoms with E-state index in [0.29, 0.717) is 15.7 Å². The number of anilines is 1. The number of benzene rings is 1. The Labute approximate surface area is 119 Å². The molecule has 0 spiro atoms. The Balaban J connectivity index is 3.01. The molecule has 1 amide bonds. The molecule has 104 valence electrons. The minimum absolute atomic E-state index is 0.0910. The number of nitro benzene ring substituents is 1. The Morgan fingerprint density at radius 3 is 2.47 bits per heavy atom. The summed E-state index contributed by atoms with van der Waals surface area (Å²) in [6, 6.07) is 2.70. The molecule has 1 aromatic rings. The van der Waals surface area contributed by atoms with Crippen molar-refractivity contribution in [2.75, 3.05) is 5.32 Å². The van der Waals surface area contributed by atoms with Gasteiger partial charge in [-0.3, -0.25) is 15.4 Å². The number of nitro groups is 1. The lowest BCUT2D eigenvalue weighted by Crippen LogP contribution is -2.27. The molecule has 1 N–H and O–H groups in total. The quantitative estimate of drug-likeness (QED) is 0.656. The first-order valence-electron chi connectivity index (χ1n) is 5.54. The largest absolute Gasteiger partial charge is 0.444 e. The Kier molecular flexibility index (Phi) is 4.52. The Morgan fingerprint density at radius 1 is 1.42 bits per heavy atom. The summed E-state index contributed by atoms with van der Waals surface area (Å²) in [4.78, 5) is 21.9. The monoisotopic (exact) mass is 330 g/mol. The third kappa shape index (κ3) is 4.51. The van der Waals surface area contributed by atoms with Crippen LogP contribution in [0.4, 0.5) is 16.2 Å². The Hall–Kier alpha value is -1.63. The summed E-state index contributed by atoms with van der Waals surface area (Å²) < 4.78 is 5.68. The third-order valence-corrected chi connectivity index (χ3v) is 3.14. The predicted octanol–water partition coefficient (Wildman–Crippen LogP) is 4.01. The van der Waals surface area contributed by atoms with E-state index < -0.39 is 16.6 Å². The van der Waals surface area contributed by atoms with E-state index in [1.807, 2.05) is 0 Å². The fourth-order valence-electron chi connectivity index (χ4n) is 1.36. The summed E-state index contributed by atoms with van der Waals surface area (Å²) in [5.74, 6) is 0. The van der Waals surface area contributed by atoms with Gasteiger partial charge in [0.2, 0.25) is 0 Å². The minimum atomic E-state index is -0.659. The maximum Gasteiger partial charge on any atom is 0.412 e. The summed E-state index contributed by atoms with van der Waals surface area (Å²) in [5.41, 5.74) is 0.236.